The molecule has 0 bridgehead atoms. The number of hydrogen-bond acceptors (Lipinski definition) is 5. The van der Waals surface area contributed by atoms with Crippen LogP contribution >= 0.6 is 23.9 Å². The van der Waals surface area contributed by atoms with Gasteiger partial charge in [-0.2, -0.15) is 9.36 Å². The van der Waals surface area contributed by atoms with E-state index in [1.807, 2.05) is 12.1 Å². The molecule has 4 nitrogen and oxygen atoms in total. The zero-order valence-electron chi connectivity index (χ0n) is 17.3. The molecule has 1 aliphatic heterocycles. The van der Waals surface area contributed by atoms with Crippen LogP contribution in [-0.2, 0) is 6.42 Å². The van der Waals surface area contributed by atoms with Gasteiger partial charge in [-0.05, 0) is 75.9 Å². The van der Waals surface area contributed by atoms with Crippen molar-refractivity contribution in [3.63, 3.8) is 0 Å². The normalized spacial score (nSPS) is 14.0. The summed E-state index contributed by atoms with van der Waals surface area (Å²) in [4.78, 5) is 7.13. The molecule has 0 atom stereocenters. The van der Waals surface area contributed by atoms with Gasteiger partial charge in [-0.3, -0.25) is 0 Å². The lowest BCUT2D eigenvalue weighted by atomic mass is 10.0. The van der Waals surface area contributed by atoms with E-state index in [4.69, 9.17) is 4.74 Å². The molecule has 6 heteroatoms. The van der Waals surface area contributed by atoms with Gasteiger partial charge in [-0.15, -0.1) is 12.4 Å². The highest BCUT2D eigenvalue weighted by Gasteiger charge is 2.14. The number of rotatable bonds is 6. The largest absolute Gasteiger partial charge is 0.430 e. The van der Waals surface area contributed by atoms with Crippen molar-refractivity contribution in [2.45, 2.75) is 40.0 Å². The third-order valence-corrected chi connectivity index (χ3v) is 6.04. The molecule has 0 saturated carbocycles. The summed E-state index contributed by atoms with van der Waals surface area (Å²) in [5.74, 6) is 1.59. The van der Waals surface area contributed by atoms with Crippen LogP contribution in [0.3, 0.4) is 0 Å². The van der Waals surface area contributed by atoms with Crippen LogP contribution in [0.25, 0.3) is 11.4 Å². The van der Waals surface area contributed by atoms with Crippen LogP contribution in [0.5, 0.6) is 10.9 Å². The fourth-order valence-electron chi connectivity index (χ4n) is 3.68. The van der Waals surface area contributed by atoms with E-state index < -0.39 is 0 Å². The van der Waals surface area contributed by atoms with Crippen molar-refractivity contribution < 1.29 is 4.74 Å². The Kier molecular flexibility index (Phi) is 7.28. The third kappa shape index (κ3) is 5.35. The smallest absolute Gasteiger partial charge is 0.299 e. The maximum Gasteiger partial charge on any atom is 0.299 e. The van der Waals surface area contributed by atoms with E-state index in [1.165, 1.54) is 54.2 Å². The van der Waals surface area contributed by atoms with Crippen LogP contribution < -0.4 is 4.74 Å². The molecule has 4 rings (SSSR count). The highest BCUT2D eigenvalue weighted by molar-refractivity contribution is 7.07. The molecule has 1 aromatic heterocycles. The molecule has 1 fully saturated rings. The fraction of sp³-hybridized carbons (Fsp3) is 0.391. The van der Waals surface area contributed by atoms with Crippen LogP contribution in [0.15, 0.2) is 36.4 Å². The topological polar surface area (TPSA) is 38.2 Å². The molecule has 2 aromatic carbocycles. The van der Waals surface area contributed by atoms with Gasteiger partial charge in [0.1, 0.15) is 5.75 Å². The van der Waals surface area contributed by atoms with Crippen molar-refractivity contribution in [2.24, 2.45) is 0 Å². The fourth-order valence-corrected chi connectivity index (χ4v) is 4.24. The molecule has 0 amide bonds. The average Bonchev–Trinajstić information content (AvgIpc) is 3.36. The molecular formula is C23H28ClN3OS. The molecule has 0 aliphatic carbocycles. The molecular weight excluding hydrogens is 402 g/mol. The monoisotopic (exact) mass is 429 g/mol. The van der Waals surface area contributed by atoms with E-state index >= 15 is 0 Å². The minimum Gasteiger partial charge on any atom is -0.430 e. The Morgan fingerprint density at radius 2 is 1.72 bits per heavy atom. The molecule has 154 valence electrons. The molecule has 0 N–H and O–H groups in total. The molecule has 1 aliphatic rings. The maximum atomic E-state index is 6.08. The maximum absolute atomic E-state index is 6.08. The second-order valence-corrected chi connectivity index (χ2v) is 8.41. The summed E-state index contributed by atoms with van der Waals surface area (Å²) in [6, 6.07) is 12.7. The highest BCUT2D eigenvalue weighted by Crippen LogP contribution is 2.31. The van der Waals surface area contributed by atoms with Crippen molar-refractivity contribution in [3.05, 3.63) is 58.7 Å². The Hall–Kier alpha value is -1.95. The van der Waals surface area contributed by atoms with Gasteiger partial charge in [0.2, 0.25) is 0 Å². The second kappa shape index (κ2) is 9.70. The summed E-state index contributed by atoms with van der Waals surface area (Å²) in [5.41, 5.74) is 6.08. The molecule has 1 saturated heterocycles. The van der Waals surface area contributed by atoms with Crippen LogP contribution in [-0.4, -0.2) is 33.9 Å². The molecule has 2 heterocycles. The Bertz CT molecular complexity index is 949. The molecule has 29 heavy (non-hydrogen) atoms. The van der Waals surface area contributed by atoms with E-state index in [9.17, 15) is 0 Å². The van der Waals surface area contributed by atoms with Crippen LogP contribution in [0, 0.1) is 20.8 Å². The van der Waals surface area contributed by atoms with Crippen molar-refractivity contribution in [1.29, 1.82) is 0 Å². The number of likely N-dealkylation sites (tertiary alicyclic amines) is 1. The lowest BCUT2D eigenvalue weighted by Crippen LogP contribution is -2.22. The van der Waals surface area contributed by atoms with E-state index in [-0.39, 0.29) is 12.4 Å². The minimum absolute atomic E-state index is 0. The Balaban J connectivity index is 0.00000240. The SMILES string of the molecule is Cc1ccc(-c2nsc(Oc3cc(C)c(CCN4CCCC4)cc3C)n2)cc1.Cl. The number of ether oxygens (including phenoxy) is 1. The number of nitrogens with zero attached hydrogens (tertiary/aromatic N) is 3. The van der Waals surface area contributed by atoms with E-state index in [0.717, 1.165) is 35.7 Å². The quantitative estimate of drug-likeness (QED) is 0.482. The molecule has 0 unspecified atom stereocenters. The Labute approximate surface area is 183 Å². The first-order valence-corrected chi connectivity index (χ1v) is 10.8. The zero-order valence-corrected chi connectivity index (χ0v) is 18.9. The number of hydrogen-bond donors (Lipinski definition) is 0. The first-order valence-electron chi connectivity index (χ1n) is 9.99. The second-order valence-electron chi connectivity index (χ2n) is 7.69. The lowest BCUT2D eigenvalue weighted by Gasteiger charge is -2.16. The molecule has 0 spiro atoms. The van der Waals surface area contributed by atoms with Gasteiger partial charge in [0.05, 0.1) is 0 Å². The zero-order chi connectivity index (χ0) is 19.5. The first kappa shape index (κ1) is 21.8. The summed E-state index contributed by atoms with van der Waals surface area (Å²) in [7, 11) is 0. The van der Waals surface area contributed by atoms with Crippen molar-refractivity contribution in [2.75, 3.05) is 19.6 Å². The van der Waals surface area contributed by atoms with Gasteiger partial charge in [0.15, 0.2) is 5.82 Å². The first-order chi connectivity index (χ1) is 13.6. The van der Waals surface area contributed by atoms with Gasteiger partial charge in [0.25, 0.3) is 5.19 Å². The predicted octanol–water partition coefficient (Wildman–Crippen LogP) is 5.98. The van der Waals surface area contributed by atoms with Crippen molar-refractivity contribution in [3.8, 4) is 22.3 Å². The van der Waals surface area contributed by atoms with Crippen LogP contribution in [0.2, 0.25) is 0 Å². The van der Waals surface area contributed by atoms with Crippen molar-refractivity contribution in [1.82, 2.24) is 14.3 Å². The van der Waals surface area contributed by atoms with Gasteiger partial charge in [0, 0.05) is 23.6 Å². The summed E-state index contributed by atoms with van der Waals surface area (Å²) in [6.45, 7) is 10.0. The predicted molar refractivity (Wildman–Crippen MR) is 123 cm³/mol. The summed E-state index contributed by atoms with van der Waals surface area (Å²) in [6.07, 6.45) is 3.79. The summed E-state index contributed by atoms with van der Waals surface area (Å²) < 4.78 is 10.5. The number of benzene rings is 2. The van der Waals surface area contributed by atoms with E-state index in [1.54, 1.807) is 0 Å². The Morgan fingerprint density at radius 3 is 2.45 bits per heavy atom. The van der Waals surface area contributed by atoms with Gasteiger partial charge in [-0.1, -0.05) is 35.9 Å². The number of aromatic nitrogens is 2. The highest BCUT2D eigenvalue weighted by atomic mass is 35.5. The molecule has 3 aromatic rings. The Morgan fingerprint density at radius 1 is 1.00 bits per heavy atom. The minimum atomic E-state index is 0. The lowest BCUT2D eigenvalue weighted by molar-refractivity contribution is 0.343. The third-order valence-electron chi connectivity index (χ3n) is 5.44. The van der Waals surface area contributed by atoms with Gasteiger partial charge >= 0.3 is 0 Å². The van der Waals surface area contributed by atoms with Crippen molar-refractivity contribution >= 4 is 23.9 Å². The van der Waals surface area contributed by atoms with E-state index in [2.05, 4.69) is 59.3 Å². The van der Waals surface area contributed by atoms with Gasteiger partial charge in [-0.25, -0.2) is 0 Å². The van der Waals surface area contributed by atoms with E-state index in [0.29, 0.717) is 5.19 Å². The number of halogens is 1. The molecule has 0 radical (unpaired) electrons. The summed E-state index contributed by atoms with van der Waals surface area (Å²) in [5, 5.41) is 0.586. The summed E-state index contributed by atoms with van der Waals surface area (Å²) >= 11 is 1.30. The van der Waals surface area contributed by atoms with Crippen LogP contribution in [0.1, 0.15) is 35.1 Å². The average molecular weight is 430 g/mol. The van der Waals surface area contributed by atoms with Gasteiger partial charge < -0.3 is 9.64 Å². The standard InChI is InChI=1S/C23H27N3OS.ClH/c1-16-6-8-19(9-7-16)22-24-23(28-25-22)27-21-15-17(2)20(14-18(21)3)10-13-26-11-4-5-12-26;/h6-9,14-15H,4-5,10-13H2,1-3H3;1H. The van der Waals surface area contributed by atoms with Crippen LogP contribution in [0.4, 0.5) is 0 Å². The number of aryl methyl sites for hydroxylation is 3.